The van der Waals surface area contributed by atoms with Gasteiger partial charge in [-0.2, -0.15) is 24.9 Å². The van der Waals surface area contributed by atoms with Crippen LogP contribution < -0.4 is 0 Å². The van der Waals surface area contributed by atoms with Crippen molar-refractivity contribution in [3.8, 4) is 11.3 Å². The molecule has 0 amide bonds. The number of rotatable bonds is 4. The molecule has 1 aliphatic heterocycles. The Morgan fingerprint density at radius 3 is 2.50 bits per heavy atom. The van der Waals surface area contributed by atoms with Gasteiger partial charge in [-0.05, 0) is 37.5 Å². The number of nitrogens with zero attached hydrogens (tertiary/aromatic N) is 2. The standard InChI is InChI=1S/C23H25F3N4OS/c1-21(14-31)13-18(27)30(11-12-32-21)20(28)22(8-9-22)16-6-4-15(5-7-16)19-17(23(24,25)26)3-2-10-29-19/h2-7,10,27-28,31H,8-9,11-14H2,1H3. The summed E-state index contributed by atoms with van der Waals surface area (Å²) in [6.45, 7) is 2.43. The molecule has 3 N–H and O–H groups in total. The van der Waals surface area contributed by atoms with Crippen molar-refractivity contribution in [1.29, 1.82) is 10.8 Å². The second-order valence-electron chi connectivity index (χ2n) is 8.64. The maximum absolute atomic E-state index is 13.4. The largest absolute Gasteiger partial charge is 0.418 e. The van der Waals surface area contributed by atoms with Crippen LogP contribution in [0.1, 0.15) is 37.3 Å². The summed E-state index contributed by atoms with van der Waals surface area (Å²) in [6, 6.07) is 9.12. The summed E-state index contributed by atoms with van der Waals surface area (Å²) in [5, 5.41) is 27.1. The summed E-state index contributed by atoms with van der Waals surface area (Å²) in [4.78, 5) is 5.68. The Morgan fingerprint density at radius 1 is 1.22 bits per heavy atom. The number of benzene rings is 1. The van der Waals surface area contributed by atoms with Gasteiger partial charge in [-0.1, -0.05) is 24.3 Å². The van der Waals surface area contributed by atoms with Gasteiger partial charge in [0.15, 0.2) is 0 Å². The molecule has 1 unspecified atom stereocenters. The summed E-state index contributed by atoms with van der Waals surface area (Å²) in [5.41, 5.74) is -0.163. The molecule has 1 aromatic carbocycles. The van der Waals surface area contributed by atoms with E-state index in [4.69, 9.17) is 10.8 Å². The number of thioether (sulfide) groups is 1. The molecule has 1 saturated carbocycles. The van der Waals surface area contributed by atoms with Crippen LogP contribution in [0.15, 0.2) is 42.6 Å². The molecule has 2 aliphatic rings. The van der Waals surface area contributed by atoms with Crippen LogP contribution in [0.3, 0.4) is 0 Å². The second-order valence-corrected chi connectivity index (χ2v) is 10.3. The zero-order chi connectivity index (χ0) is 23.1. The number of alkyl halides is 3. The van der Waals surface area contributed by atoms with Crippen LogP contribution in [0.25, 0.3) is 11.3 Å². The Balaban J connectivity index is 1.59. The van der Waals surface area contributed by atoms with Crippen molar-refractivity contribution in [3.63, 3.8) is 0 Å². The van der Waals surface area contributed by atoms with E-state index in [9.17, 15) is 18.3 Å². The van der Waals surface area contributed by atoms with Crippen molar-refractivity contribution < 1.29 is 18.3 Å². The van der Waals surface area contributed by atoms with Gasteiger partial charge >= 0.3 is 6.18 Å². The fourth-order valence-electron chi connectivity index (χ4n) is 4.22. The van der Waals surface area contributed by atoms with Gasteiger partial charge in [0, 0.05) is 35.2 Å². The van der Waals surface area contributed by atoms with E-state index in [-0.39, 0.29) is 12.3 Å². The third kappa shape index (κ3) is 4.15. The third-order valence-corrected chi connectivity index (χ3v) is 7.62. The number of amidine groups is 2. The fraction of sp³-hybridized carbons (Fsp3) is 0.435. The van der Waals surface area contributed by atoms with Crippen LogP contribution in [0, 0.1) is 10.8 Å². The minimum Gasteiger partial charge on any atom is -0.395 e. The summed E-state index contributed by atoms with van der Waals surface area (Å²) in [5.74, 6) is 1.38. The summed E-state index contributed by atoms with van der Waals surface area (Å²) in [6.07, 6.45) is -1.24. The average molecular weight is 463 g/mol. The molecule has 1 atom stereocenters. The van der Waals surface area contributed by atoms with Gasteiger partial charge in [-0.25, -0.2) is 0 Å². The molecule has 32 heavy (non-hydrogen) atoms. The number of aliphatic hydroxyl groups excluding tert-OH is 1. The number of halogens is 3. The van der Waals surface area contributed by atoms with E-state index in [1.54, 1.807) is 40.9 Å². The average Bonchev–Trinajstić information content (AvgIpc) is 3.59. The highest BCUT2D eigenvalue weighted by atomic mass is 32.2. The highest BCUT2D eigenvalue weighted by Gasteiger charge is 2.51. The Kier molecular flexibility index (Phi) is 5.83. The number of pyridine rings is 1. The van der Waals surface area contributed by atoms with Gasteiger partial charge in [-0.3, -0.25) is 15.8 Å². The summed E-state index contributed by atoms with van der Waals surface area (Å²) < 4.78 is 39.7. The Morgan fingerprint density at radius 2 is 1.91 bits per heavy atom. The molecule has 1 aliphatic carbocycles. The molecule has 0 radical (unpaired) electrons. The molecule has 0 spiro atoms. The normalized spacial score (nSPS) is 23.0. The topological polar surface area (TPSA) is 84.1 Å². The van der Waals surface area contributed by atoms with Crippen LogP contribution in [0.4, 0.5) is 13.2 Å². The van der Waals surface area contributed by atoms with Gasteiger partial charge in [0.25, 0.3) is 0 Å². The molecule has 2 heterocycles. The Hall–Kier alpha value is -2.39. The number of aromatic nitrogens is 1. The lowest BCUT2D eigenvalue weighted by atomic mass is 9.91. The summed E-state index contributed by atoms with van der Waals surface area (Å²) >= 11 is 1.61. The van der Waals surface area contributed by atoms with Crippen molar-refractivity contribution in [2.75, 3.05) is 18.9 Å². The van der Waals surface area contributed by atoms with Crippen molar-refractivity contribution in [1.82, 2.24) is 9.88 Å². The van der Waals surface area contributed by atoms with Crippen LogP contribution in [-0.2, 0) is 11.6 Å². The first-order valence-corrected chi connectivity index (χ1v) is 11.4. The third-order valence-electron chi connectivity index (χ3n) is 6.26. The minimum atomic E-state index is -4.49. The molecule has 2 aromatic rings. The molecule has 0 bridgehead atoms. The number of hydrogen-bond donors (Lipinski definition) is 3. The van der Waals surface area contributed by atoms with E-state index in [0.29, 0.717) is 36.0 Å². The van der Waals surface area contributed by atoms with Gasteiger partial charge in [-0.15, -0.1) is 0 Å². The second kappa shape index (κ2) is 8.19. The molecule has 1 aromatic heterocycles. The van der Waals surface area contributed by atoms with E-state index >= 15 is 0 Å². The lowest BCUT2D eigenvalue weighted by Gasteiger charge is -2.30. The number of aliphatic hydroxyl groups is 1. The minimum absolute atomic E-state index is 0.0265. The van der Waals surface area contributed by atoms with Crippen molar-refractivity contribution in [2.45, 2.75) is 42.5 Å². The SMILES string of the molecule is CC1(CO)CC(=N)N(C(=N)C2(c3ccc(-c4ncccc4C(F)(F)F)cc3)CC2)CCS1. The first-order valence-electron chi connectivity index (χ1n) is 10.4. The maximum atomic E-state index is 13.4. The van der Waals surface area contributed by atoms with E-state index in [0.717, 1.165) is 24.5 Å². The molecule has 5 nitrogen and oxygen atoms in total. The number of nitrogens with one attached hydrogen (secondary N) is 2. The summed E-state index contributed by atoms with van der Waals surface area (Å²) in [7, 11) is 0. The molecular formula is C23H25F3N4OS. The predicted molar refractivity (Wildman–Crippen MR) is 120 cm³/mol. The van der Waals surface area contributed by atoms with E-state index in [2.05, 4.69) is 4.98 Å². The van der Waals surface area contributed by atoms with Crippen LogP contribution >= 0.6 is 11.8 Å². The van der Waals surface area contributed by atoms with Crippen LogP contribution in [0.2, 0.25) is 0 Å². The van der Waals surface area contributed by atoms with Gasteiger partial charge in [0.1, 0.15) is 11.7 Å². The number of hydrogen-bond acceptors (Lipinski definition) is 5. The van der Waals surface area contributed by atoms with E-state index in [1.807, 2.05) is 6.92 Å². The Labute approximate surface area is 189 Å². The monoisotopic (exact) mass is 462 g/mol. The van der Waals surface area contributed by atoms with Crippen molar-refractivity contribution in [3.05, 3.63) is 53.7 Å². The molecule has 170 valence electrons. The molecule has 2 fully saturated rings. The lowest BCUT2D eigenvalue weighted by Crippen LogP contribution is -2.44. The smallest absolute Gasteiger partial charge is 0.395 e. The fourth-order valence-corrected chi connectivity index (χ4v) is 5.32. The zero-order valence-corrected chi connectivity index (χ0v) is 18.5. The Bertz CT molecular complexity index is 1040. The van der Waals surface area contributed by atoms with Gasteiger partial charge < -0.3 is 10.0 Å². The van der Waals surface area contributed by atoms with Gasteiger partial charge in [0.2, 0.25) is 0 Å². The highest BCUT2D eigenvalue weighted by Crippen LogP contribution is 2.51. The van der Waals surface area contributed by atoms with E-state index < -0.39 is 21.9 Å². The van der Waals surface area contributed by atoms with Crippen molar-refractivity contribution in [2.24, 2.45) is 0 Å². The lowest BCUT2D eigenvalue weighted by molar-refractivity contribution is -0.137. The van der Waals surface area contributed by atoms with Crippen LogP contribution in [0.5, 0.6) is 0 Å². The van der Waals surface area contributed by atoms with Crippen LogP contribution in [-0.4, -0.2) is 50.3 Å². The van der Waals surface area contributed by atoms with E-state index in [1.165, 1.54) is 12.3 Å². The first kappa shape index (κ1) is 22.8. The maximum Gasteiger partial charge on any atom is 0.418 e. The first-order chi connectivity index (χ1) is 15.1. The molecule has 1 saturated heterocycles. The molecular weight excluding hydrogens is 437 g/mol. The van der Waals surface area contributed by atoms with Gasteiger partial charge in [0.05, 0.1) is 23.3 Å². The highest BCUT2D eigenvalue weighted by molar-refractivity contribution is 8.00. The zero-order valence-electron chi connectivity index (χ0n) is 17.7. The molecule has 9 heteroatoms. The predicted octanol–water partition coefficient (Wildman–Crippen LogP) is 4.94. The molecule has 4 rings (SSSR count). The van der Waals surface area contributed by atoms with Crippen molar-refractivity contribution >= 4 is 23.4 Å². The quantitative estimate of drug-likeness (QED) is 0.444.